The van der Waals surface area contributed by atoms with Crippen molar-refractivity contribution < 1.29 is 9.47 Å². The van der Waals surface area contributed by atoms with Crippen molar-refractivity contribution in [3.05, 3.63) is 0 Å². The minimum Gasteiger partial charge on any atom is -0.357 e. The third-order valence-corrected chi connectivity index (χ3v) is 5.12. The Morgan fingerprint density at radius 3 is 2.24 bits per heavy atom. The molecule has 0 radical (unpaired) electrons. The smallest absolute Gasteiger partial charge is 0.135 e. The molecule has 102 valence electrons. The Bertz CT molecular complexity index is 182. The fourth-order valence-corrected chi connectivity index (χ4v) is 4.35. The van der Waals surface area contributed by atoms with E-state index in [1.165, 1.54) is 19.3 Å². The van der Waals surface area contributed by atoms with Crippen molar-refractivity contribution in [2.75, 3.05) is 19.8 Å². The van der Waals surface area contributed by atoms with Gasteiger partial charge in [0.15, 0.2) is 0 Å². The maximum Gasteiger partial charge on any atom is 0.135 e. The molecular formula is C13H29NO2Si. The summed E-state index contributed by atoms with van der Waals surface area (Å²) in [5.74, 6) is 0.104. The van der Waals surface area contributed by atoms with Crippen LogP contribution in [0.1, 0.15) is 47.0 Å². The van der Waals surface area contributed by atoms with E-state index in [9.17, 15) is 0 Å². The fourth-order valence-electron chi connectivity index (χ4n) is 2.00. The standard InChI is InChI=1S/C13H29NO2Si/c1-5-9-12(10-11-14-6-2)17-13(15-7-3)16-8-4/h6,12-13H,5,7-11,17H2,1-4H3. The number of hydrogen-bond donors (Lipinski definition) is 0. The molecule has 17 heavy (non-hydrogen) atoms. The third-order valence-electron chi connectivity index (χ3n) is 2.78. The molecule has 0 saturated heterocycles. The van der Waals surface area contributed by atoms with Crippen LogP contribution < -0.4 is 0 Å². The van der Waals surface area contributed by atoms with Gasteiger partial charge in [0.25, 0.3) is 0 Å². The predicted octanol–water partition coefficient (Wildman–Crippen LogP) is 2.58. The summed E-state index contributed by atoms with van der Waals surface area (Å²) < 4.78 is 11.3. The number of hydrogen-bond acceptors (Lipinski definition) is 3. The van der Waals surface area contributed by atoms with E-state index in [0.29, 0.717) is 0 Å². The SMILES string of the molecule is CC=NCCC(CCC)[SiH2]C(OCC)OCC. The Hall–Kier alpha value is -0.193. The zero-order chi connectivity index (χ0) is 12.9. The highest BCUT2D eigenvalue weighted by atomic mass is 28.2. The monoisotopic (exact) mass is 259 g/mol. The molecule has 0 spiro atoms. The first-order chi connectivity index (χ1) is 8.28. The van der Waals surface area contributed by atoms with Crippen LogP contribution in [0.15, 0.2) is 4.99 Å². The molecule has 4 heteroatoms. The number of nitrogens with zero attached hydrogens (tertiary/aromatic N) is 1. The van der Waals surface area contributed by atoms with E-state index in [0.717, 1.165) is 25.3 Å². The summed E-state index contributed by atoms with van der Waals surface area (Å²) in [6.07, 6.45) is 5.63. The normalized spacial score (nSPS) is 14.4. The largest absolute Gasteiger partial charge is 0.357 e. The van der Waals surface area contributed by atoms with Crippen molar-refractivity contribution >= 4 is 15.7 Å². The zero-order valence-electron chi connectivity index (χ0n) is 11.9. The van der Waals surface area contributed by atoms with Crippen LogP contribution in [-0.4, -0.2) is 41.4 Å². The van der Waals surface area contributed by atoms with Crippen molar-refractivity contribution in [3.63, 3.8) is 0 Å². The van der Waals surface area contributed by atoms with E-state index in [-0.39, 0.29) is 15.4 Å². The van der Waals surface area contributed by atoms with Gasteiger partial charge in [-0.2, -0.15) is 0 Å². The van der Waals surface area contributed by atoms with Gasteiger partial charge >= 0.3 is 0 Å². The van der Waals surface area contributed by atoms with Crippen molar-refractivity contribution in [2.24, 2.45) is 4.99 Å². The molecule has 1 atom stereocenters. The second-order valence-corrected chi connectivity index (χ2v) is 6.48. The topological polar surface area (TPSA) is 30.8 Å². The lowest BCUT2D eigenvalue weighted by Gasteiger charge is -2.22. The van der Waals surface area contributed by atoms with E-state index in [1.807, 2.05) is 27.0 Å². The molecule has 0 saturated carbocycles. The maximum atomic E-state index is 5.67. The van der Waals surface area contributed by atoms with Crippen LogP contribution in [0.5, 0.6) is 0 Å². The van der Waals surface area contributed by atoms with E-state index in [4.69, 9.17) is 9.47 Å². The van der Waals surface area contributed by atoms with Crippen LogP contribution >= 0.6 is 0 Å². The summed E-state index contributed by atoms with van der Waals surface area (Å²) in [6, 6.07) is 0. The highest BCUT2D eigenvalue weighted by Gasteiger charge is 2.17. The lowest BCUT2D eigenvalue weighted by atomic mass is 10.2. The van der Waals surface area contributed by atoms with Gasteiger partial charge in [-0.3, -0.25) is 4.99 Å². The van der Waals surface area contributed by atoms with Crippen LogP contribution in [0.25, 0.3) is 0 Å². The molecule has 0 rings (SSSR count). The van der Waals surface area contributed by atoms with Crippen LogP contribution in [0.3, 0.4) is 0 Å². The third kappa shape index (κ3) is 9.50. The Kier molecular flexibility index (Phi) is 12.1. The van der Waals surface area contributed by atoms with Crippen molar-refractivity contribution in [1.82, 2.24) is 0 Å². The molecule has 0 N–H and O–H groups in total. The first-order valence-corrected chi connectivity index (χ1v) is 8.59. The van der Waals surface area contributed by atoms with Gasteiger partial charge in [-0.25, -0.2) is 0 Å². The van der Waals surface area contributed by atoms with Gasteiger partial charge in [-0.15, -0.1) is 0 Å². The van der Waals surface area contributed by atoms with Crippen molar-refractivity contribution in [1.29, 1.82) is 0 Å². The Morgan fingerprint density at radius 2 is 1.76 bits per heavy atom. The first kappa shape index (κ1) is 16.8. The maximum absolute atomic E-state index is 5.67. The van der Waals surface area contributed by atoms with Gasteiger partial charge in [-0.05, 0) is 38.9 Å². The summed E-state index contributed by atoms with van der Waals surface area (Å²) in [6.45, 7) is 10.8. The van der Waals surface area contributed by atoms with E-state index < -0.39 is 0 Å². The molecule has 0 aromatic rings. The van der Waals surface area contributed by atoms with Gasteiger partial charge in [0.05, 0.1) is 9.52 Å². The number of aliphatic imine (C=N–C) groups is 1. The van der Waals surface area contributed by atoms with E-state index in [2.05, 4.69) is 11.9 Å². The molecule has 1 unspecified atom stereocenters. The first-order valence-electron chi connectivity index (χ1n) is 6.95. The summed E-state index contributed by atoms with van der Waals surface area (Å²) in [5.41, 5.74) is 0.798. The Balaban J connectivity index is 4.06. The fraction of sp³-hybridized carbons (Fsp3) is 0.923. The lowest BCUT2D eigenvalue weighted by Crippen LogP contribution is -2.28. The molecule has 0 bridgehead atoms. The second-order valence-electron chi connectivity index (χ2n) is 4.18. The summed E-state index contributed by atoms with van der Waals surface area (Å²) in [7, 11) is -0.340. The highest BCUT2D eigenvalue weighted by Crippen LogP contribution is 2.19. The molecule has 0 fully saturated rings. The van der Waals surface area contributed by atoms with E-state index in [1.54, 1.807) is 0 Å². The van der Waals surface area contributed by atoms with E-state index >= 15 is 0 Å². The van der Waals surface area contributed by atoms with Gasteiger partial charge in [0, 0.05) is 19.8 Å². The summed E-state index contributed by atoms with van der Waals surface area (Å²) in [5, 5.41) is 0. The average Bonchev–Trinajstić information content (AvgIpc) is 2.30. The Labute approximate surface area is 109 Å². The molecule has 0 amide bonds. The molecule has 3 nitrogen and oxygen atoms in total. The van der Waals surface area contributed by atoms with Gasteiger partial charge in [0.1, 0.15) is 5.91 Å². The molecule has 0 aliphatic heterocycles. The molecule has 0 aromatic heterocycles. The zero-order valence-corrected chi connectivity index (χ0v) is 13.4. The quantitative estimate of drug-likeness (QED) is 0.324. The number of ether oxygens (including phenoxy) is 2. The van der Waals surface area contributed by atoms with Crippen LogP contribution in [0.4, 0.5) is 0 Å². The summed E-state index contributed by atoms with van der Waals surface area (Å²) >= 11 is 0. The molecule has 0 aliphatic rings. The minimum atomic E-state index is -0.340. The second kappa shape index (κ2) is 12.3. The number of rotatable bonds is 11. The van der Waals surface area contributed by atoms with Gasteiger partial charge in [-0.1, -0.05) is 19.8 Å². The Morgan fingerprint density at radius 1 is 1.12 bits per heavy atom. The summed E-state index contributed by atoms with van der Waals surface area (Å²) in [4.78, 5) is 4.31. The van der Waals surface area contributed by atoms with Crippen LogP contribution in [-0.2, 0) is 9.47 Å². The van der Waals surface area contributed by atoms with Gasteiger partial charge in [0.2, 0.25) is 0 Å². The van der Waals surface area contributed by atoms with Crippen molar-refractivity contribution in [3.8, 4) is 0 Å². The van der Waals surface area contributed by atoms with Crippen LogP contribution in [0.2, 0.25) is 5.54 Å². The molecule has 0 aliphatic carbocycles. The minimum absolute atomic E-state index is 0.104. The molecule has 0 heterocycles. The highest BCUT2D eigenvalue weighted by molar-refractivity contribution is 6.38. The average molecular weight is 259 g/mol. The predicted molar refractivity (Wildman–Crippen MR) is 77.9 cm³/mol. The molecular weight excluding hydrogens is 230 g/mol. The van der Waals surface area contributed by atoms with Crippen LogP contribution in [0, 0.1) is 0 Å². The van der Waals surface area contributed by atoms with Gasteiger partial charge < -0.3 is 9.47 Å². The molecule has 0 aromatic carbocycles. The van der Waals surface area contributed by atoms with Crippen molar-refractivity contribution in [2.45, 2.75) is 58.4 Å². The lowest BCUT2D eigenvalue weighted by molar-refractivity contribution is -0.0834.